The smallest absolute Gasteiger partial charge is 0.206 e. The lowest BCUT2D eigenvalue weighted by atomic mass is 10.2. The molecule has 0 radical (unpaired) electrons. The van der Waals surface area contributed by atoms with E-state index in [2.05, 4.69) is 6.58 Å². The van der Waals surface area contributed by atoms with Gasteiger partial charge in [-0.05, 0) is 29.8 Å². The lowest BCUT2D eigenvalue weighted by Gasteiger charge is -2.19. The topological polar surface area (TPSA) is 29.5 Å². The van der Waals surface area contributed by atoms with Gasteiger partial charge in [-0.2, -0.15) is 0 Å². The Kier molecular flexibility index (Phi) is 2.94. The molecule has 94 valence electrons. The van der Waals surface area contributed by atoms with Crippen LogP contribution in [0.25, 0.3) is 6.08 Å². The number of hydrogen-bond acceptors (Lipinski definition) is 3. The third-order valence-corrected chi connectivity index (χ3v) is 2.84. The molecule has 3 heteroatoms. The second kappa shape index (κ2) is 4.90. The van der Waals surface area contributed by atoms with Crippen molar-refractivity contribution in [1.82, 2.24) is 0 Å². The summed E-state index contributed by atoms with van der Waals surface area (Å²) in [6.45, 7) is 3.75. The number of hydrogen-bond donors (Lipinski definition) is 0. The fraction of sp³-hybridized carbons (Fsp3) is 0. The minimum Gasteiger partial charge on any atom is -0.448 e. The van der Waals surface area contributed by atoms with Crippen LogP contribution in [0.1, 0.15) is 5.56 Å². The molecule has 2 aromatic heterocycles. The molecule has 0 amide bonds. The molecule has 3 rings (SSSR count). The van der Waals surface area contributed by atoms with Crippen LogP contribution in [-0.4, -0.2) is 0 Å². The van der Waals surface area contributed by atoms with Gasteiger partial charge in [0.05, 0.1) is 18.2 Å². The van der Waals surface area contributed by atoms with Gasteiger partial charge in [0.2, 0.25) is 11.8 Å². The number of nitrogens with zero attached hydrogens (tertiary/aromatic N) is 1. The molecule has 0 aliphatic carbocycles. The second-order valence-electron chi connectivity index (χ2n) is 4.03. The Bertz CT molecular complexity index is 602. The highest BCUT2D eigenvalue weighted by atomic mass is 16.4. The first-order valence-corrected chi connectivity index (χ1v) is 5.98. The molecular weight excluding hydrogens is 238 g/mol. The fourth-order valence-corrected chi connectivity index (χ4v) is 1.92. The van der Waals surface area contributed by atoms with Crippen LogP contribution in [0.3, 0.4) is 0 Å². The van der Waals surface area contributed by atoms with E-state index in [0.717, 1.165) is 11.3 Å². The molecule has 0 spiro atoms. The monoisotopic (exact) mass is 251 g/mol. The van der Waals surface area contributed by atoms with Crippen molar-refractivity contribution in [2.75, 3.05) is 4.90 Å². The summed E-state index contributed by atoms with van der Waals surface area (Å²) in [6, 6.07) is 15.5. The molecule has 3 nitrogen and oxygen atoms in total. The summed E-state index contributed by atoms with van der Waals surface area (Å²) < 4.78 is 11.0. The van der Waals surface area contributed by atoms with Gasteiger partial charge in [-0.25, -0.2) is 0 Å². The summed E-state index contributed by atoms with van der Waals surface area (Å²) >= 11 is 0. The van der Waals surface area contributed by atoms with Gasteiger partial charge in [0.1, 0.15) is 0 Å². The first-order valence-electron chi connectivity index (χ1n) is 5.98. The molecule has 0 atom stereocenters. The zero-order chi connectivity index (χ0) is 13.1. The van der Waals surface area contributed by atoms with Crippen molar-refractivity contribution in [3.05, 3.63) is 73.2 Å². The molecule has 0 saturated carbocycles. The zero-order valence-corrected chi connectivity index (χ0v) is 10.3. The molecule has 1 aromatic carbocycles. The Balaban J connectivity index is 2.06. The Labute approximate surface area is 111 Å². The van der Waals surface area contributed by atoms with E-state index in [1.807, 2.05) is 59.5 Å². The number of anilines is 3. The minimum absolute atomic E-state index is 0.710. The quantitative estimate of drug-likeness (QED) is 0.654. The van der Waals surface area contributed by atoms with Gasteiger partial charge in [0, 0.05) is 12.1 Å². The molecule has 0 unspecified atom stereocenters. The van der Waals surface area contributed by atoms with E-state index in [1.54, 1.807) is 12.5 Å². The third-order valence-electron chi connectivity index (χ3n) is 2.84. The summed E-state index contributed by atoms with van der Waals surface area (Å²) in [7, 11) is 0. The van der Waals surface area contributed by atoms with Crippen molar-refractivity contribution >= 4 is 23.5 Å². The molecule has 19 heavy (non-hydrogen) atoms. The van der Waals surface area contributed by atoms with Crippen LogP contribution in [0.4, 0.5) is 17.5 Å². The molecule has 2 heterocycles. The van der Waals surface area contributed by atoms with E-state index in [4.69, 9.17) is 8.83 Å². The molecule has 0 bridgehead atoms. The predicted octanol–water partition coefficient (Wildman–Crippen LogP) is 4.99. The van der Waals surface area contributed by atoms with Crippen molar-refractivity contribution in [2.24, 2.45) is 0 Å². The Morgan fingerprint density at radius 3 is 1.84 bits per heavy atom. The van der Waals surface area contributed by atoms with Gasteiger partial charge < -0.3 is 8.83 Å². The highest BCUT2D eigenvalue weighted by Gasteiger charge is 2.16. The lowest BCUT2D eigenvalue weighted by Crippen LogP contribution is -2.07. The van der Waals surface area contributed by atoms with Gasteiger partial charge >= 0.3 is 0 Å². The summed E-state index contributed by atoms with van der Waals surface area (Å²) in [5.41, 5.74) is 2.04. The molecule has 0 aliphatic rings. The van der Waals surface area contributed by atoms with Crippen LogP contribution in [0.5, 0.6) is 0 Å². The van der Waals surface area contributed by atoms with Crippen LogP contribution >= 0.6 is 0 Å². The van der Waals surface area contributed by atoms with Crippen molar-refractivity contribution in [3.63, 3.8) is 0 Å². The number of benzene rings is 1. The van der Waals surface area contributed by atoms with Gasteiger partial charge in [-0.1, -0.05) is 24.8 Å². The lowest BCUT2D eigenvalue weighted by molar-refractivity contribution is 0.539. The normalized spacial score (nSPS) is 10.3. The Morgan fingerprint density at radius 1 is 0.842 bits per heavy atom. The molecule has 0 N–H and O–H groups in total. The van der Waals surface area contributed by atoms with Crippen LogP contribution in [0.15, 0.2) is 76.5 Å². The Hall–Kier alpha value is -2.68. The average molecular weight is 251 g/mol. The van der Waals surface area contributed by atoms with E-state index in [1.165, 1.54) is 0 Å². The largest absolute Gasteiger partial charge is 0.448 e. The second-order valence-corrected chi connectivity index (χ2v) is 4.03. The predicted molar refractivity (Wildman–Crippen MR) is 75.7 cm³/mol. The number of furan rings is 2. The van der Waals surface area contributed by atoms with Crippen molar-refractivity contribution < 1.29 is 8.83 Å². The summed E-state index contributed by atoms with van der Waals surface area (Å²) in [5.74, 6) is 1.42. The molecule has 3 aromatic rings. The summed E-state index contributed by atoms with van der Waals surface area (Å²) in [5, 5.41) is 0. The molecular formula is C16H13NO2. The highest BCUT2D eigenvalue weighted by Crippen LogP contribution is 2.34. The van der Waals surface area contributed by atoms with Gasteiger partial charge in [0.25, 0.3) is 0 Å². The van der Waals surface area contributed by atoms with Gasteiger partial charge in [0.15, 0.2) is 0 Å². The highest BCUT2D eigenvalue weighted by molar-refractivity contribution is 5.71. The standard InChI is InChI=1S/C16H13NO2/c1-2-13-7-9-14(10-8-13)17(15-5-3-11-18-15)16-6-4-12-19-16/h2-12H,1H2. The third kappa shape index (κ3) is 2.18. The first kappa shape index (κ1) is 11.4. The average Bonchev–Trinajstić information content (AvgIpc) is 3.13. The number of rotatable bonds is 4. The van der Waals surface area contributed by atoms with Crippen LogP contribution < -0.4 is 4.90 Å². The summed E-state index contributed by atoms with van der Waals surface area (Å²) in [6.07, 6.45) is 5.10. The van der Waals surface area contributed by atoms with E-state index >= 15 is 0 Å². The van der Waals surface area contributed by atoms with Gasteiger partial charge in [-0.3, -0.25) is 4.90 Å². The maximum Gasteiger partial charge on any atom is 0.206 e. The Morgan fingerprint density at radius 2 is 1.42 bits per heavy atom. The maximum absolute atomic E-state index is 5.48. The van der Waals surface area contributed by atoms with E-state index < -0.39 is 0 Å². The van der Waals surface area contributed by atoms with Crippen molar-refractivity contribution in [2.45, 2.75) is 0 Å². The van der Waals surface area contributed by atoms with E-state index in [9.17, 15) is 0 Å². The zero-order valence-electron chi connectivity index (χ0n) is 10.3. The van der Waals surface area contributed by atoms with E-state index in [0.29, 0.717) is 11.8 Å². The molecule has 0 fully saturated rings. The molecule has 0 aliphatic heterocycles. The molecule has 0 saturated heterocycles. The van der Waals surface area contributed by atoms with Crippen LogP contribution in [0.2, 0.25) is 0 Å². The maximum atomic E-state index is 5.48. The first-order chi connectivity index (χ1) is 9.38. The van der Waals surface area contributed by atoms with Crippen molar-refractivity contribution in [1.29, 1.82) is 0 Å². The van der Waals surface area contributed by atoms with Crippen LogP contribution in [-0.2, 0) is 0 Å². The fourth-order valence-electron chi connectivity index (χ4n) is 1.92. The van der Waals surface area contributed by atoms with Crippen molar-refractivity contribution in [3.8, 4) is 0 Å². The summed E-state index contributed by atoms with van der Waals surface area (Å²) in [4.78, 5) is 1.91. The van der Waals surface area contributed by atoms with Gasteiger partial charge in [-0.15, -0.1) is 0 Å². The van der Waals surface area contributed by atoms with Crippen LogP contribution in [0, 0.1) is 0 Å². The minimum atomic E-state index is 0.710. The van der Waals surface area contributed by atoms with E-state index in [-0.39, 0.29) is 0 Å². The SMILES string of the molecule is C=Cc1ccc(N(c2ccco2)c2ccco2)cc1.